The highest BCUT2D eigenvalue weighted by molar-refractivity contribution is 6.17. The van der Waals surface area contributed by atoms with E-state index in [2.05, 4.69) is 196 Å². The van der Waals surface area contributed by atoms with Crippen LogP contribution in [0, 0.1) is 22.7 Å². The van der Waals surface area contributed by atoms with Gasteiger partial charge < -0.3 is 10.2 Å². The third-order valence-electron chi connectivity index (χ3n) is 14.3. The Morgan fingerprint density at radius 3 is 2.40 bits per heavy atom. The van der Waals surface area contributed by atoms with E-state index in [9.17, 15) is 10.8 Å². The molecule has 4 aromatic carbocycles. The van der Waals surface area contributed by atoms with Crippen molar-refractivity contribution in [3.05, 3.63) is 215 Å². The molecule has 9 rings (SSSR count). The topological polar surface area (TPSA) is 80.3 Å². The number of hydrogen-bond acceptors (Lipinski definition) is 2. The summed E-state index contributed by atoms with van der Waals surface area (Å²) in [6.45, 7) is 17.7. The first-order chi connectivity index (χ1) is 33.0. The van der Waals surface area contributed by atoms with Gasteiger partial charge in [-0.3, -0.25) is 15.4 Å². The summed E-state index contributed by atoms with van der Waals surface area (Å²) in [6.07, 6.45) is 33.8. The van der Waals surface area contributed by atoms with Crippen molar-refractivity contribution in [2.24, 2.45) is 16.8 Å². The normalized spacial score (nSPS) is 20.3. The summed E-state index contributed by atoms with van der Waals surface area (Å²) >= 11 is 0. The van der Waals surface area contributed by atoms with Gasteiger partial charge in [-0.15, -0.1) is 0 Å². The Morgan fingerprint density at radius 1 is 0.853 bits per heavy atom. The van der Waals surface area contributed by atoms with Crippen molar-refractivity contribution in [3.63, 3.8) is 0 Å². The fraction of sp³-hybridized carbons (Fsp3) is 0.242. The monoisotopic (exact) mass is 893 g/mol. The second kappa shape index (κ2) is 19.5. The number of anilines is 1. The molecule has 1 aliphatic heterocycles. The summed E-state index contributed by atoms with van der Waals surface area (Å²) < 4.78 is 2.03. The molecule has 68 heavy (non-hydrogen) atoms. The molecular weight excluding hydrogens is 829 g/mol. The maximum atomic E-state index is 9.91. The van der Waals surface area contributed by atoms with Crippen molar-refractivity contribution < 1.29 is 0 Å². The van der Waals surface area contributed by atoms with Gasteiger partial charge >= 0.3 is 0 Å². The molecule has 5 aromatic rings. The minimum Gasteiger partial charge on any atom is -0.326 e. The van der Waals surface area contributed by atoms with E-state index in [0.717, 1.165) is 93.3 Å². The van der Waals surface area contributed by atoms with E-state index >= 15 is 0 Å². The van der Waals surface area contributed by atoms with Gasteiger partial charge in [-0.2, -0.15) is 0 Å². The summed E-state index contributed by atoms with van der Waals surface area (Å²) in [6, 6.07) is 31.7. The molecule has 6 heteroatoms. The zero-order valence-electron chi connectivity index (χ0n) is 40.5. The number of para-hydroxylation sites is 1. The number of allylic oxidation sites excluding steroid dienone is 15. The van der Waals surface area contributed by atoms with Gasteiger partial charge in [-0.05, 0) is 121 Å². The average Bonchev–Trinajstić information content (AvgIpc) is 3.69. The lowest BCUT2D eigenvalue weighted by Gasteiger charge is -2.50. The van der Waals surface area contributed by atoms with Gasteiger partial charge in [-0.1, -0.05) is 179 Å². The predicted octanol–water partition coefficient (Wildman–Crippen LogP) is 15.5. The van der Waals surface area contributed by atoms with Crippen LogP contribution in [-0.4, -0.2) is 28.2 Å². The Hall–Kier alpha value is -7.31. The molecule has 6 nitrogen and oxygen atoms in total. The number of nitrogens with one attached hydrogen (secondary N) is 3. The zero-order chi connectivity index (χ0) is 47.5. The average molecular weight is 893 g/mol. The molecule has 0 saturated heterocycles. The smallest absolute Gasteiger partial charge is 0.223 e. The molecule has 0 fully saturated rings. The number of rotatable bonds is 10. The fourth-order valence-electron chi connectivity index (χ4n) is 10.8. The van der Waals surface area contributed by atoms with Gasteiger partial charge in [0.2, 0.25) is 11.9 Å². The molecule has 0 radical (unpaired) electrons. The summed E-state index contributed by atoms with van der Waals surface area (Å²) in [7, 11) is 0. The van der Waals surface area contributed by atoms with E-state index < -0.39 is 0 Å². The van der Waals surface area contributed by atoms with Crippen LogP contribution >= 0.6 is 0 Å². The highest BCUT2D eigenvalue weighted by Crippen LogP contribution is 2.50. The van der Waals surface area contributed by atoms with Crippen molar-refractivity contribution in [1.82, 2.24) is 9.88 Å². The molecule has 3 atom stereocenters. The number of hydrogen-bond donors (Lipinski definition) is 3. The van der Waals surface area contributed by atoms with E-state index in [4.69, 9.17) is 4.99 Å². The third kappa shape index (κ3) is 8.83. The number of aromatic nitrogens is 1. The third-order valence-corrected chi connectivity index (χ3v) is 14.3. The first kappa shape index (κ1) is 45.8. The molecule has 0 saturated carbocycles. The second-order valence-corrected chi connectivity index (χ2v) is 19.1. The Bertz CT molecular complexity index is 3150. The quantitative estimate of drug-likeness (QED) is 0.0742. The van der Waals surface area contributed by atoms with Crippen LogP contribution in [0.5, 0.6) is 0 Å². The van der Waals surface area contributed by atoms with Crippen LogP contribution in [0.1, 0.15) is 84.8 Å². The second-order valence-electron chi connectivity index (χ2n) is 19.1. The number of guanidine groups is 1. The van der Waals surface area contributed by atoms with Crippen LogP contribution in [-0.2, 0) is 5.41 Å². The Balaban J connectivity index is 1.11. The number of benzene rings is 4. The lowest BCUT2D eigenvalue weighted by Crippen LogP contribution is -2.53. The minimum absolute atomic E-state index is 0.0877. The first-order valence-corrected chi connectivity index (χ1v) is 24.3. The molecule has 2 heterocycles. The molecule has 3 unspecified atom stereocenters. The van der Waals surface area contributed by atoms with Gasteiger partial charge in [0.25, 0.3) is 0 Å². The van der Waals surface area contributed by atoms with Crippen molar-refractivity contribution in [2.75, 3.05) is 4.90 Å². The molecule has 0 amide bonds. The number of aliphatic imine (C=N–C) groups is 1. The van der Waals surface area contributed by atoms with E-state index in [1.165, 1.54) is 27.9 Å². The highest BCUT2D eigenvalue weighted by Gasteiger charge is 2.46. The van der Waals surface area contributed by atoms with Crippen molar-refractivity contribution >= 4 is 51.2 Å². The zero-order valence-corrected chi connectivity index (χ0v) is 40.5. The van der Waals surface area contributed by atoms with Gasteiger partial charge in [0.1, 0.15) is 0 Å². The first-order valence-electron chi connectivity index (χ1n) is 24.3. The van der Waals surface area contributed by atoms with Gasteiger partial charge in [-0.25, -0.2) is 4.99 Å². The van der Waals surface area contributed by atoms with Crippen molar-refractivity contribution in [1.29, 1.82) is 10.8 Å². The maximum Gasteiger partial charge on any atom is 0.223 e. The lowest BCUT2D eigenvalue weighted by molar-refractivity contribution is 0.334. The molecular formula is C62H64N6. The summed E-state index contributed by atoms with van der Waals surface area (Å²) in [4.78, 5) is 7.24. The molecule has 3 aliphatic carbocycles. The molecule has 342 valence electrons. The SMILES string of the molecule is C=C(NC(=N)n1c2ccccc2c2cc3c(cc21)N(C(=N)N=C(C)C(C=CC)=Cc1cccc(-c2ccccc2)c1)C1C=CC=CC1C3(C)C)/C(CCC)=C(\C)C1C=C(C2=CCCC=C2)C=CC1. The minimum atomic E-state index is -0.280. The van der Waals surface area contributed by atoms with Gasteiger partial charge in [0.15, 0.2) is 0 Å². The molecule has 0 spiro atoms. The summed E-state index contributed by atoms with van der Waals surface area (Å²) in [5, 5.41) is 25.5. The van der Waals surface area contributed by atoms with Crippen LogP contribution in [0.3, 0.4) is 0 Å². The van der Waals surface area contributed by atoms with E-state index in [-0.39, 0.29) is 35.2 Å². The predicted molar refractivity (Wildman–Crippen MR) is 291 cm³/mol. The summed E-state index contributed by atoms with van der Waals surface area (Å²) in [5.41, 5.74) is 14.5. The van der Waals surface area contributed by atoms with Crippen LogP contribution in [0.25, 0.3) is 39.0 Å². The van der Waals surface area contributed by atoms with Crippen molar-refractivity contribution in [3.8, 4) is 11.1 Å². The number of fused-ring (bicyclic) bond motifs is 5. The van der Waals surface area contributed by atoms with Crippen LogP contribution in [0.2, 0.25) is 0 Å². The highest BCUT2D eigenvalue weighted by atomic mass is 15.3. The largest absolute Gasteiger partial charge is 0.326 e. The maximum absolute atomic E-state index is 9.91. The van der Waals surface area contributed by atoms with E-state index in [0.29, 0.717) is 0 Å². The molecule has 3 N–H and O–H groups in total. The summed E-state index contributed by atoms with van der Waals surface area (Å²) in [5.74, 6) is 0.742. The standard InChI is InChI=1S/C62H64N6/c1-8-22-48(36-44-24-20-30-49(37-44)45-25-12-10-13-26-45)42(4)65-60(63)68-57-35-19-17-33-54(57)62(6,7)55-39-53-52-32-16-18-34-56(52)67(58(53)40-59(55)68)61(64)66-43(5)51(23-9-2)41(3)47-29-21-31-50(38-47)46-27-14-11-15-28-46/h8,10,12-14,16-22,24-28,30-40,47,54,57,63H,5,9,11,15,23,29H2,1-4,6-7H3,(H2,64,66)/b22-8?,48-36?,51-41+,63-60?,65-42?. The Labute approximate surface area is 403 Å². The van der Waals surface area contributed by atoms with Crippen molar-refractivity contribution in [2.45, 2.75) is 85.1 Å². The molecule has 0 bridgehead atoms. The van der Waals surface area contributed by atoms with Crippen LogP contribution in [0.15, 0.2) is 209 Å². The van der Waals surface area contributed by atoms with Crippen LogP contribution < -0.4 is 10.2 Å². The lowest BCUT2D eigenvalue weighted by atomic mass is 9.65. The van der Waals surface area contributed by atoms with Crippen LogP contribution in [0.4, 0.5) is 5.69 Å². The van der Waals surface area contributed by atoms with Gasteiger partial charge in [0, 0.05) is 39.4 Å². The van der Waals surface area contributed by atoms with Gasteiger partial charge in [0.05, 0.1) is 22.8 Å². The molecule has 4 aliphatic rings. The Kier molecular flexibility index (Phi) is 13.1. The fourth-order valence-corrected chi connectivity index (χ4v) is 10.8. The Morgan fingerprint density at radius 2 is 1.62 bits per heavy atom. The van der Waals surface area contributed by atoms with E-state index in [1.807, 2.05) is 36.6 Å². The number of nitrogens with zero attached hydrogens (tertiary/aromatic N) is 3. The molecule has 1 aromatic heterocycles. The van der Waals surface area contributed by atoms with E-state index in [1.54, 1.807) is 0 Å².